The Kier molecular flexibility index (Phi) is 3.87. The Morgan fingerprint density at radius 1 is 1.10 bits per heavy atom. The minimum absolute atomic E-state index is 0.213. The number of allylic oxidation sites excluding steroid dienone is 1. The largest absolute Gasteiger partial charge is 0.383 e. The maximum atomic E-state index is 12.5. The van der Waals surface area contributed by atoms with Crippen LogP contribution in [0, 0.1) is 0 Å². The van der Waals surface area contributed by atoms with E-state index in [4.69, 9.17) is 5.73 Å². The number of hydrogen-bond donors (Lipinski definition) is 2. The van der Waals surface area contributed by atoms with Crippen LogP contribution in [0.3, 0.4) is 0 Å². The summed E-state index contributed by atoms with van der Waals surface area (Å²) in [5.74, 6) is 0.741. The summed E-state index contributed by atoms with van der Waals surface area (Å²) in [4.78, 5) is 25.3. The Balaban J connectivity index is 1.56. The average molecular weight is 382 g/mol. The lowest BCUT2D eigenvalue weighted by atomic mass is 9.98. The SMILES string of the molecule is C=C1CCn2c1c(-c1ccc(C(=O)Nc3ccccn3)cc1)c1c(N)ncnc12. The van der Waals surface area contributed by atoms with E-state index in [0.717, 1.165) is 46.4 Å². The van der Waals surface area contributed by atoms with Crippen molar-refractivity contribution in [2.45, 2.75) is 13.0 Å². The van der Waals surface area contributed by atoms with Crippen molar-refractivity contribution in [3.63, 3.8) is 0 Å². The lowest BCUT2D eigenvalue weighted by Gasteiger charge is -2.08. The number of nitrogens with two attached hydrogens (primary N) is 1. The van der Waals surface area contributed by atoms with Gasteiger partial charge in [0.25, 0.3) is 5.91 Å². The molecule has 5 rings (SSSR count). The van der Waals surface area contributed by atoms with E-state index in [1.54, 1.807) is 30.5 Å². The van der Waals surface area contributed by atoms with E-state index in [0.29, 0.717) is 17.2 Å². The summed E-state index contributed by atoms with van der Waals surface area (Å²) in [6.07, 6.45) is 4.00. The Bertz CT molecular complexity index is 1260. The Morgan fingerprint density at radius 3 is 2.69 bits per heavy atom. The van der Waals surface area contributed by atoms with Gasteiger partial charge in [-0.3, -0.25) is 4.79 Å². The molecule has 0 spiro atoms. The molecule has 0 unspecified atom stereocenters. The second-order valence-corrected chi connectivity index (χ2v) is 6.93. The predicted octanol–water partition coefficient (Wildman–Crippen LogP) is 3.74. The maximum absolute atomic E-state index is 12.5. The van der Waals surface area contributed by atoms with Crippen LogP contribution >= 0.6 is 0 Å². The van der Waals surface area contributed by atoms with E-state index in [-0.39, 0.29) is 5.91 Å². The molecule has 4 aromatic rings. The van der Waals surface area contributed by atoms with Gasteiger partial charge in [-0.25, -0.2) is 15.0 Å². The van der Waals surface area contributed by atoms with E-state index in [2.05, 4.69) is 31.4 Å². The molecule has 0 atom stereocenters. The first-order valence-corrected chi connectivity index (χ1v) is 9.27. The smallest absolute Gasteiger partial charge is 0.256 e. The standard InChI is InChI=1S/C22H18N6O/c1-13-9-11-28-19(13)17(18-20(23)25-12-26-21(18)28)14-5-7-15(8-6-14)22(29)27-16-4-2-3-10-24-16/h2-8,10,12H,1,9,11H2,(H2,23,25,26)(H,24,27,29). The molecule has 1 amide bonds. The van der Waals surface area contributed by atoms with Gasteiger partial charge in [0.15, 0.2) is 0 Å². The summed E-state index contributed by atoms with van der Waals surface area (Å²) in [7, 11) is 0. The third-order valence-electron chi connectivity index (χ3n) is 5.18. The number of nitrogens with zero attached hydrogens (tertiary/aromatic N) is 4. The number of carbonyl (C=O) groups is 1. The molecule has 1 aliphatic rings. The van der Waals surface area contributed by atoms with Gasteiger partial charge in [-0.15, -0.1) is 0 Å². The number of benzene rings is 1. The van der Waals surface area contributed by atoms with Crippen molar-refractivity contribution in [3.8, 4) is 11.1 Å². The number of nitrogen functional groups attached to an aromatic ring is 1. The van der Waals surface area contributed by atoms with Crippen LogP contribution in [-0.4, -0.2) is 25.4 Å². The summed E-state index contributed by atoms with van der Waals surface area (Å²) >= 11 is 0. The van der Waals surface area contributed by atoms with Gasteiger partial charge in [0.2, 0.25) is 0 Å². The molecular weight excluding hydrogens is 364 g/mol. The zero-order valence-electron chi connectivity index (χ0n) is 15.6. The number of amides is 1. The first kappa shape index (κ1) is 17.1. The molecule has 3 N–H and O–H groups in total. The first-order chi connectivity index (χ1) is 14.1. The van der Waals surface area contributed by atoms with Crippen molar-refractivity contribution in [2.24, 2.45) is 0 Å². The zero-order chi connectivity index (χ0) is 20.0. The number of anilines is 2. The summed E-state index contributed by atoms with van der Waals surface area (Å²) in [6, 6.07) is 12.8. The fourth-order valence-electron chi connectivity index (χ4n) is 3.84. The third kappa shape index (κ3) is 2.75. The van der Waals surface area contributed by atoms with Crippen LogP contribution in [0.1, 0.15) is 22.5 Å². The highest BCUT2D eigenvalue weighted by Gasteiger charge is 2.27. The Labute approximate surface area is 166 Å². The highest BCUT2D eigenvalue weighted by Crippen LogP contribution is 2.43. The van der Waals surface area contributed by atoms with Crippen molar-refractivity contribution in [1.29, 1.82) is 0 Å². The molecule has 142 valence electrons. The molecule has 7 nitrogen and oxygen atoms in total. The Morgan fingerprint density at radius 2 is 1.93 bits per heavy atom. The summed E-state index contributed by atoms with van der Waals surface area (Å²) in [5.41, 5.74) is 11.6. The number of rotatable bonds is 3. The lowest BCUT2D eigenvalue weighted by Crippen LogP contribution is -2.12. The summed E-state index contributed by atoms with van der Waals surface area (Å²) < 4.78 is 2.15. The van der Waals surface area contributed by atoms with Crippen LogP contribution in [0.15, 0.2) is 61.6 Å². The number of carbonyl (C=O) groups excluding carboxylic acids is 1. The molecule has 0 bridgehead atoms. The van der Waals surface area contributed by atoms with Crippen LogP contribution in [0.2, 0.25) is 0 Å². The van der Waals surface area contributed by atoms with Gasteiger partial charge in [0, 0.05) is 23.9 Å². The van der Waals surface area contributed by atoms with E-state index >= 15 is 0 Å². The molecule has 4 heterocycles. The van der Waals surface area contributed by atoms with Crippen molar-refractivity contribution in [2.75, 3.05) is 11.1 Å². The van der Waals surface area contributed by atoms with Gasteiger partial charge in [-0.05, 0) is 41.8 Å². The highest BCUT2D eigenvalue weighted by atomic mass is 16.1. The van der Waals surface area contributed by atoms with Gasteiger partial charge >= 0.3 is 0 Å². The fourth-order valence-corrected chi connectivity index (χ4v) is 3.84. The molecule has 0 aliphatic carbocycles. The first-order valence-electron chi connectivity index (χ1n) is 9.27. The molecular formula is C22H18N6O. The van der Waals surface area contributed by atoms with Gasteiger partial charge in [0.05, 0.1) is 11.1 Å². The van der Waals surface area contributed by atoms with Crippen LogP contribution in [0.4, 0.5) is 11.6 Å². The lowest BCUT2D eigenvalue weighted by molar-refractivity contribution is 0.102. The predicted molar refractivity (Wildman–Crippen MR) is 113 cm³/mol. The van der Waals surface area contributed by atoms with Crippen LogP contribution in [-0.2, 0) is 6.54 Å². The topological polar surface area (TPSA) is 98.7 Å². The van der Waals surface area contributed by atoms with Crippen LogP contribution < -0.4 is 11.1 Å². The molecule has 0 saturated heterocycles. The van der Waals surface area contributed by atoms with Crippen molar-refractivity contribution in [1.82, 2.24) is 19.5 Å². The molecule has 29 heavy (non-hydrogen) atoms. The number of aromatic nitrogens is 4. The van der Waals surface area contributed by atoms with Gasteiger partial charge in [-0.1, -0.05) is 24.8 Å². The molecule has 1 aliphatic heterocycles. The number of fused-ring (bicyclic) bond motifs is 3. The minimum atomic E-state index is -0.213. The number of aryl methyl sites for hydroxylation is 1. The van der Waals surface area contributed by atoms with E-state index in [1.807, 2.05) is 18.2 Å². The molecule has 0 fully saturated rings. The number of hydrogen-bond acceptors (Lipinski definition) is 5. The Hall–Kier alpha value is -4.00. The fraction of sp³-hybridized carbons (Fsp3) is 0.0909. The normalized spacial score (nSPS) is 12.9. The zero-order valence-corrected chi connectivity index (χ0v) is 15.6. The summed E-state index contributed by atoms with van der Waals surface area (Å²) in [6.45, 7) is 5.04. The minimum Gasteiger partial charge on any atom is -0.383 e. The number of nitrogens with one attached hydrogen (secondary N) is 1. The van der Waals surface area contributed by atoms with E-state index in [1.165, 1.54) is 6.33 Å². The van der Waals surface area contributed by atoms with Crippen molar-refractivity contribution < 1.29 is 4.79 Å². The van der Waals surface area contributed by atoms with Crippen molar-refractivity contribution in [3.05, 3.63) is 72.8 Å². The van der Waals surface area contributed by atoms with E-state index in [9.17, 15) is 4.79 Å². The third-order valence-corrected chi connectivity index (χ3v) is 5.18. The molecule has 0 saturated carbocycles. The monoisotopic (exact) mass is 382 g/mol. The van der Waals surface area contributed by atoms with Crippen molar-refractivity contribution >= 4 is 34.1 Å². The maximum Gasteiger partial charge on any atom is 0.256 e. The average Bonchev–Trinajstić information content (AvgIpc) is 3.28. The van der Waals surface area contributed by atoms with Gasteiger partial charge < -0.3 is 15.6 Å². The van der Waals surface area contributed by atoms with E-state index < -0.39 is 0 Å². The van der Waals surface area contributed by atoms with Gasteiger partial charge in [0.1, 0.15) is 23.6 Å². The quantitative estimate of drug-likeness (QED) is 0.562. The molecule has 0 radical (unpaired) electrons. The second-order valence-electron chi connectivity index (χ2n) is 6.93. The highest BCUT2D eigenvalue weighted by molar-refractivity contribution is 6.07. The van der Waals surface area contributed by atoms with Gasteiger partial charge in [-0.2, -0.15) is 0 Å². The number of pyridine rings is 1. The van der Waals surface area contributed by atoms with Crippen LogP contribution in [0.5, 0.6) is 0 Å². The summed E-state index contributed by atoms with van der Waals surface area (Å²) in [5, 5.41) is 3.62. The van der Waals surface area contributed by atoms with Crippen LogP contribution in [0.25, 0.3) is 27.7 Å². The molecule has 3 aromatic heterocycles. The second kappa shape index (κ2) is 6.56. The molecule has 1 aromatic carbocycles. The molecule has 7 heteroatoms.